The van der Waals surface area contributed by atoms with Crippen LogP contribution in [0.25, 0.3) is 11.1 Å². The number of methoxy groups -OCH3 is 1. The second kappa shape index (κ2) is 4.37. The Labute approximate surface area is 96.9 Å². The van der Waals surface area contributed by atoms with Crippen LogP contribution in [0.15, 0.2) is 29.6 Å². The molecule has 2 aromatic rings. The highest BCUT2D eigenvalue weighted by Gasteiger charge is 2.05. The molecule has 16 heavy (non-hydrogen) atoms. The van der Waals surface area contributed by atoms with Gasteiger partial charge < -0.3 is 9.84 Å². The van der Waals surface area contributed by atoms with Gasteiger partial charge in [-0.15, -0.1) is 11.3 Å². The van der Waals surface area contributed by atoms with E-state index in [1.165, 1.54) is 17.4 Å². The smallest absolute Gasteiger partial charge is 0.160 e. The molecular weight excluding hydrogens is 224 g/mol. The Morgan fingerprint density at radius 1 is 1.25 bits per heavy atom. The van der Waals surface area contributed by atoms with E-state index in [1.54, 1.807) is 19.2 Å². The minimum atomic E-state index is 0.146. The highest BCUT2D eigenvalue weighted by molar-refractivity contribution is 7.12. The topological polar surface area (TPSA) is 46.5 Å². The lowest BCUT2D eigenvalue weighted by Gasteiger charge is -2.04. The molecule has 0 unspecified atom stereocenters. The van der Waals surface area contributed by atoms with Crippen molar-refractivity contribution >= 4 is 17.6 Å². The van der Waals surface area contributed by atoms with E-state index in [0.29, 0.717) is 10.6 Å². The molecule has 0 amide bonds. The third-order valence-corrected chi connectivity index (χ3v) is 3.05. The number of phenolic OH excluding ortho intramolecular Hbond substituents is 1. The van der Waals surface area contributed by atoms with Gasteiger partial charge >= 0.3 is 0 Å². The first kappa shape index (κ1) is 10.7. The Morgan fingerprint density at radius 2 is 2.06 bits per heavy atom. The first-order valence-electron chi connectivity index (χ1n) is 4.65. The van der Waals surface area contributed by atoms with Gasteiger partial charge in [0.25, 0.3) is 0 Å². The molecular formula is C12H10O3S. The van der Waals surface area contributed by atoms with E-state index in [2.05, 4.69) is 0 Å². The molecule has 0 saturated carbocycles. The van der Waals surface area contributed by atoms with Crippen molar-refractivity contribution in [2.45, 2.75) is 0 Å². The molecule has 0 fully saturated rings. The van der Waals surface area contributed by atoms with Crippen molar-refractivity contribution in [1.29, 1.82) is 0 Å². The van der Waals surface area contributed by atoms with Crippen LogP contribution >= 0.6 is 11.3 Å². The maximum Gasteiger partial charge on any atom is 0.160 e. The zero-order valence-electron chi connectivity index (χ0n) is 8.64. The predicted octanol–water partition coefficient (Wildman–Crippen LogP) is 2.94. The van der Waals surface area contributed by atoms with E-state index < -0.39 is 0 Å². The summed E-state index contributed by atoms with van der Waals surface area (Å²) in [5.41, 5.74) is 1.74. The zero-order valence-corrected chi connectivity index (χ0v) is 9.45. The number of hydrogen-bond donors (Lipinski definition) is 1. The van der Waals surface area contributed by atoms with Crippen LogP contribution in [0.1, 0.15) is 9.67 Å². The van der Waals surface area contributed by atoms with Crippen molar-refractivity contribution in [2.75, 3.05) is 7.11 Å². The van der Waals surface area contributed by atoms with Crippen LogP contribution in [0, 0.1) is 0 Å². The summed E-state index contributed by atoms with van der Waals surface area (Å²) >= 11 is 1.37. The van der Waals surface area contributed by atoms with Gasteiger partial charge in [0.05, 0.1) is 12.0 Å². The number of benzene rings is 1. The van der Waals surface area contributed by atoms with Crippen LogP contribution < -0.4 is 4.74 Å². The largest absolute Gasteiger partial charge is 0.508 e. The lowest BCUT2D eigenvalue weighted by atomic mass is 10.1. The number of rotatable bonds is 3. The van der Waals surface area contributed by atoms with Gasteiger partial charge in [0.15, 0.2) is 6.29 Å². The normalized spacial score (nSPS) is 10.1. The van der Waals surface area contributed by atoms with E-state index in [1.807, 2.05) is 11.4 Å². The molecule has 4 heteroatoms. The Bertz CT molecular complexity index is 517. The first-order chi connectivity index (χ1) is 7.72. The van der Waals surface area contributed by atoms with Crippen LogP contribution in [0.5, 0.6) is 11.5 Å². The van der Waals surface area contributed by atoms with Gasteiger partial charge in [-0.3, -0.25) is 4.79 Å². The van der Waals surface area contributed by atoms with Crippen LogP contribution in [0.2, 0.25) is 0 Å². The molecule has 0 radical (unpaired) electrons. The number of carbonyl (C=O) groups excluding carboxylic acids is 1. The summed E-state index contributed by atoms with van der Waals surface area (Å²) in [6.07, 6.45) is 0.814. The van der Waals surface area contributed by atoms with Gasteiger partial charge in [-0.05, 0) is 34.7 Å². The molecule has 0 bridgehead atoms. The standard InChI is InChI=1S/C12H10O3S/c1-15-11-3-8(2-10(14)5-11)9-4-12(6-13)16-7-9/h2-7,14H,1H3. The molecule has 82 valence electrons. The average Bonchev–Trinajstić information content (AvgIpc) is 2.76. The molecule has 0 aliphatic carbocycles. The zero-order chi connectivity index (χ0) is 11.5. The van der Waals surface area contributed by atoms with Crippen LogP contribution in [0.3, 0.4) is 0 Å². The lowest BCUT2D eigenvalue weighted by molar-refractivity contribution is 0.112. The van der Waals surface area contributed by atoms with Gasteiger partial charge in [0, 0.05) is 6.07 Å². The maximum atomic E-state index is 10.6. The number of ether oxygens (including phenoxy) is 1. The third kappa shape index (κ3) is 2.06. The number of carbonyl (C=O) groups is 1. The van der Waals surface area contributed by atoms with E-state index in [4.69, 9.17) is 4.74 Å². The Kier molecular flexibility index (Phi) is 2.92. The average molecular weight is 234 g/mol. The second-order valence-corrected chi connectivity index (χ2v) is 4.22. The summed E-state index contributed by atoms with van der Waals surface area (Å²) in [5, 5.41) is 11.4. The van der Waals surface area contributed by atoms with Crippen molar-refractivity contribution in [3.05, 3.63) is 34.5 Å². The Morgan fingerprint density at radius 3 is 2.69 bits per heavy atom. The number of hydrogen-bond acceptors (Lipinski definition) is 4. The highest BCUT2D eigenvalue weighted by Crippen LogP contribution is 2.31. The van der Waals surface area contributed by atoms with Crippen LogP contribution in [-0.4, -0.2) is 18.5 Å². The van der Waals surface area contributed by atoms with Crippen molar-refractivity contribution in [1.82, 2.24) is 0 Å². The first-order valence-corrected chi connectivity index (χ1v) is 5.53. The van der Waals surface area contributed by atoms with Gasteiger partial charge in [-0.25, -0.2) is 0 Å². The quantitative estimate of drug-likeness (QED) is 0.830. The van der Waals surface area contributed by atoms with Crippen molar-refractivity contribution in [2.24, 2.45) is 0 Å². The Hall–Kier alpha value is -1.81. The summed E-state index contributed by atoms with van der Waals surface area (Å²) in [7, 11) is 1.54. The third-order valence-electron chi connectivity index (χ3n) is 2.20. The van der Waals surface area contributed by atoms with Gasteiger partial charge in [0.1, 0.15) is 11.5 Å². The lowest BCUT2D eigenvalue weighted by Crippen LogP contribution is -1.83. The fraction of sp³-hybridized carbons (Fsp3) is 0.0833. The second-order valence-electron chi connectivity index (χ2n) is 3.28. The number of phenols is 1. The van der Waals surface area contributed by atoms with E-state index in [-0.39, 0.29) is 5.75 Å². The Balaban J connectivity index is 2.46. The molecule has 1 aromatic carbocycles. The number of aromatic hydroxyl groups is 1. The maximum absolute atomic E-state index is 10.6. The van der Waals surface area contributed by atoms with Crippen molar-refractivity contribution in [3.63, 3.8) is 0 Å². The predicted molar refractivity (Wildman–Crippen MR) is 63.4 cm³/mol. The molecule has 3 nitrogen and oxygen atoms in total. The van der Waals surface area contributed by atoms with Crippen molar-refractivity contribution in [3.8, 4) is 22.6 Å². The summed E-state index contributed by atoms with van der Waals surface area (Å²) in [6.45, 7) is 0. The van der Waals surface area contributed by atoms with Gasteiger partial charge in [0.2, 0.25) is 0 Å². The van der Waals surface area contributed by atoms with E-state index >= 15 is 0 Å². The van der Waals surface area contributed by atoms with Crippen LogP contribution in [-0.2, 0) is 0 Å². The minimum absolute atomic E-state index is 0.146. The molecule has 0 aliphatic rings. The SMILES string of the molecule is COc1cc(O)cc(-c2csc(C=O)c2)c1. The van der Waals surface area contributed by atoms with Gasteiger partial charge in [-0.1, -0.05) is 0 Å². The fourth-order valence-electron chi connectivity index (χ4n) is 1.43. The molecule has 1 N–H and O–H groups in total. The molecule has 1 heterocycles. The van der Waals surface area contributed by atoms with E-state index in [0.717, 1.165) is 17.4 Å². The van der Waals surface area contributed by atoms with Crippen LogP contribution in [0.4, 0.5) is 0 Å². The molecule has 2 rings (SSSR count). The monoisotopic (exact) mass is 234 g/mol. The molecule has 1 aromatic heterocycles. The number of aldehydes is 1. The summed E-state index contributed by atoms with van der Waals surface area (Å²) < 4.78 is 5.06. The number of thiophene rings is 1. The van der Waals surface area contributed by atoms with Gasteiger partial charge in [-0.2, -0.15) is 0 Å². The fourth-order valence-corrected chi connectivity index (χ4v) is 2.15. The highest BCUT2D eigenvalue weighted by atomic mass is 32.1. The summed E-state index contributed by atoms with van der Waals surface area (Å²) in [6, 6.07) is 6.78. The van der Waals surface area contributed by atoms with E-state index in [9.17, 15) is 9.90 Å². The molecule has 0 aliphatic heterocycles. The molecule has 0 saturated heterocycles. The summed E-state index contributed by atoms with van der Waals surface area (Å²) in [5.74, 6) is 0.738. The summed E-state index contributed by atoms with van der Waals surface area (Å²) in [4.78, 5) is 11.2. The van der Waals surface area contributed by atoms with Crippen molar-refractivity contribution < 1.29 is 14.6 Å². The minimum Gasteiger partial charge on any atom is -0.508 e. The molecule has 0 spiro atoms. The molecule has 0 atom stereocenters.